The maximum atomic E-state index is 13.9. The summed E-state index contributed by atoms with van der Waals surface area (Å²) in [6.45, 7) is 0. The zero-order valence-electron chi connectivity index (χ0n) is 19.0. The van der Waals surface area contributed by atoms with Crippen molar-refractivity contribution in [1.29, 1.82) is 0 Å². The summed E-state index contributed by atoms with van der Waals surface area (Å²) < 4.78 is 40.6. The van der Waals surface area contributed by atoms with Crippen molar-refractivity contribution in [2.75, 3.05) is 9.80 Å². The number of nitrogens with zero attached hydrogens (tertiary/aromatic N) is 2. The molecule has 3 aliphatic heterocycles. The Bertz CT molecular complexity index is 1490. The second kappa shape index (κ2) is 8.31. The first-order valence-corrected chi connectivity index (χ1v) is 12.0. The maximum Gasteiger partial charge on any atom is 0.417 e. The fourth-order valence-electron chi connectivity index (χ4n) is 5.71. The van der Waals surface area contributed by atoms with Crippen LogP contribution in [0.15, 0.2) is 78.9 Å². The van der Waals surface area contributed by atoms with E-state index in [0.717, 1.165) is 22.2 Å². The third-order valence-electron chi connectivity index (χ3n) is 7.26. The van der Waals surface area contributed by atoms with Crippen LogP contribution in [0, 0.1) is 11.8 Å². The molecule has 9 heteroatoms. The highest BCUT2D eigenvalue weighted by atomic mass is 35.5. The van der Waals surface area contributed by atoms with Crippen LogP contribution in [-0.2, 0) is 15.8 Å². The number of ketones is 1. The second-order valence-electron chi connectivity index (χ2n) is 9.22. The molecule has 2 amide bonds. The molecule has 0 aromatic heterocycles. The fraction of sp³-hybridized carbons (Fsp3) is 0.179. The van der Waals surface area contributed by atoms with Gasteiger partial charge in [-0.2, -0.15) is 13.2 Å². The number of imide groups is 1. The van der Waals surface area contributed by atoms with Crippen LogP contribution in [-0.4, -0.2) is 29.7 Å². The average Bonchev–Trinajstić information content (AvgIpc) is 3.36. The molecule has 2 saturated heterocycles. The van der Waals surface area contributed by atoms with Gasteiger partial charge in [-0.25, -0.2) is 4.90 Å². The van der Waals surface area contributed by atoms with Crippen molar-refractivity contribution in [3.8, 4) is 0 Å². The Morgan fingerprint density at radius 2 is 1.54 bits per heavy atom. The molecule has 3 aromatic rings. The predicted molar refractivity (Wildman–Crippen MR) is 132 cm³/mol. The summed E-state index contributed by atoms with van der Waals surface area (Å²) in [6.07, 6.45) is -1.14. The molecule has 3 aliphatic rings. The summed E-state index contributed by atoms with van der Waals surface area (Å²) in [5, 5.41) is -0.536. The van der Waals surface area contributed by atoms with Gasteiger partial charge in [0.25, 0.3) is 0 Å². The highest BCUT2D eigenvalue weighted by Gasteiger charge is 2.64. The zero-order chi connectivity index (χ0) is 26.1. The van der Waals surface area contributed by atoms with Crippen molar-refractivity contribution in [3.63, 3.8) is 0 Å². The Morgan fingerprint density at radius 1 is 0.865 bits per heavy atom. The summed E-state index contributed by atoms with van der Waals surface area (Å²) in [6, 6.07) is 17.2. The summed E-state index contributed by atoms with van der Waals surface area (Å²) in [5.74, 6) is -3.71. The summed E-state index contributed by atoms with van der Waals surface area (Å²) in [4.78, 5) is 44.0. The summed E-state index contributed by atoms with van der Waals surface area (Å²) in [5.41, 5.74) is 0.571. The Morgan fingerprint density at radius 3 is 2.27 bits per heavy atom. The molecule has 0 saturated carbocycles. The smallest absolute Gasteiger partial charge is 0.352 e. The third-order valence-corrected chi connectivity index (χ3v) is 7.58. The minimum absolute atomic E-state index is 0.223. The molecule has 4 unspecified atom stereocenters. The first-order valence-electron chi connectivity index (χ1n) is 11.6. The number of alkyl halides is 3. The monoisotopic (exact) mass is 522 g/mol. The van der Waals surface area contributed by atoms with Crippen molar-refractivity contribution in [3.05, 3.63) is 101 Å². The largest absolute Gasteiger partial charge is 0.417 e. The molecular weight excluding hydrogens is 505 g/mol. The van der Waals surface area contributed by atoms with E-state index in [9.17, 15) is 27.6 Å². The lowest BCUT2D eigenvalue weighted by molar-refractivity contribution is -0.137. The van der Waals surface area contributed by atoms with Gasteiger partial charge in [0.2, 0.25) is 11.8 Å². The Kier molecular flexibility index (Phi) is 5.28. The quantitative estimate of drug-likeness (QED) is 0.330. The molecule has 6 rings (SSSR count). The Labute approximate surface area is 214 Å². The lowest BCUT2D eigenvalue weighted by Gasteiger charge is -2.36. The van der Waals surface area contributed by atoms with E-state index >= 15 is 0 Å². The van der Waals surface area contributed by atoms with Gasteiger partial charge in [0.15, 0.2) is 5.78 Å². The van der Waals surface area contributed by atoms with Crippen LogP contribution in [0.5, 0.6) is 0 Å². The van der Waals surface area contributed by atoms with E-state index in [-0.39, 0.29) is 11.5 Å². The Balaban J connectivity index is 1.48. The van der Waals surface area contributed by atoms with Crippen LogP contribution in [0.25, 0.3) is 6.08 Å². The van der Waals surface area contributed by atoms with Crippen LogP contribution >= 0.6 is 11.6 Å². The van der Waals surface area contributed by atoms with Gasteiger partial charge in [0, 0.05) is 11.3 Å². The second-order valence-corrected chi connectivity index (χ2v) is 9.62. The lowest BCUT2D eigenvalue weighted by Crippen LogP contribution is -2.48. The third kappa shape index (κ3) is 3.50. The van der Waals surface area contributed by atoms with E-state index in [1.165, 1.54) is 6.07 Å². The number of carbonyl (C=O) groups is 3. The number of para-hydroxylation sites is 1. The number of anilines is 2. The van der Waals surface area contributed by atoms with E-state index < -0.39 is 52.5 Å². The number of amides is 2. The van der Waals surface area contributed by atoms with E-state index in [1.54, 1.807) is 36.4 Å². The van der Waals surface area contributed by atoms with Gasteiger partial charge in [-0.3, -0.25) is 14.4 Å². The predicted octanol–water partition coefficient (Wildman–Crippen LogP) is 5.63. The van der Waals surface area contributed by atoms with E-state index in [0.29, 0.717) is 11.6 Å². The van der Waals surface area contributed by atoms with Gasteiger partial charge < -0.3 is 4.90 Å². The van der Waals surface area contributed by atoms with E-state index in [2.05, 4.69) is 0 Å². The van der Waals surface area contributed by atoms with Gasteiger partial charge in [0.05, 0.1) is 34.2 Å². The average molecular weight is 523 g/mol. The van der Waals surface area contributed by atoms with Crippen molar-refractivity contribution >= 4 is 46.6 Å². The molecule has 3 heterocycles. The molecule has 0 radical (unpaired) electrons. The van der Waals surface area contributed by atoms with Crippen LogP contribution < -0.4 is 9.80 Å². The number of carbonyl (C=O) groups excluding carboxylic acids is 3. The van der Waals surface area contributed by atoms with Crippen molar-refractivity contribution in [1.82, 2.24) is 0 Å². The molecule has 2 fully saturated rings. The standard InChI is InChI=1S/C28H18ClF3N2O3/c29-19-12-11-17(14-18(19)28(30,31)32)33-26(36)22-21-13-10-15-6-4-5-9-20(15)34(21)24(23(22)27(33)37)25(35)16-7-2-1-3-8-16/h1-14,21-24H. The van der Waals surface area contributed by atoms with Gasteiger partial charge in [-0.05, 0) is 29.8 Å². The molecule has 5 nitrogen and oxygen atoms in total. The number of hydrogen-bond donors (Lipinski definition) is 0. The zero-order valence-corrected chi connectivity index (χ0v) is 19.8. The minimum atomic E-state index is -4.77. The number of halogens is 4. The minimum Gasteiger partial charge on any atom is -0.352 e. The number of Topliss-reactive ketones (excluding diaryl/α,β-unsaturated/α-hetero) is 1. The van der Waals surface area contributed by atoms with Crippen molar-refractivity contribution in [2.24, 2.45) is 11.8 Å². The van der Waals surface area contributed by atoms with Crippen LogP contribution in [0.1, 0.15) is 21.5 Å². The first-order chi connectivity index (χ1) is 17.7. The normalized spacial score (nSPS) is 24.2. The van der Waals surface area contributed by atoms with Crippen LogP contribution in [0.4, 0.5) is 24.5 Å². The van der Waals surface area contributed by atoms with Gasteiger partial charge >= 0.3 is 6.18 Å². The number of fused-ring (bicyclic) bond motifs is 5. The highest BCUT2D eigenvalue weighted by molar-refractivity contribution is 6.32. The number of rotatable bonds is 3. The van der Waals surface area contributed by atoms with Gasteiger partial charge in [-0.15, -0.1) is 0 Å². The lowest BCUT2D eigenvalue weighted by atomic mass is 9.86. The van der Waals surface area contributed by atoms with Crippen LogP contribution in [0.3, 0.4) is 0 Å². The summed E-state index contributed by atoms with van der Waals surface area (Å²) in [7, 11) is 0. The Hall–Kier alpha value is -3.91. The topological polar surface area (TPSA) is 57.7 Å². The van der Waals surface area contributed by atoms with Crippen LogP contribution in [0.2, 0.25) is 5.02 Å². The molecule has 4 atom stereocenters. The SMILES string of the molecule is O=C(c1ccccc1)C1C2C(=O)N(c3ccc(Cl)c(C(F)(F)F)c3)C(=O)C2C2C=Cc3ccccc3N21. The van der Waals surface area contributed by atoms with Crippen molar-refractivity contribution < 1.29 is 27.6 Å². The highest BCUT2D eigenvalue weighted by Crippen LogP contribution is 2.50. The molecule has 0 spiro atoms. The molecule has 37 heavy (non-hydrogen) atoms. The van der Waals surface area contributed by atoms with Gasteiger partial charge in [-0.1, -0.05) is 72.3 Å². The molecule has 0 aliphatic carbocycles. The van der Waals surface area contributed by atoms with E-state index in [4.69, 9.17) is 11.6 Å². The molecule has 0 bridgehead atoms. The maximum absolute atomic E-state index is 13.9. The van der Waals surface area contributed by atoms with E-state index in [1.807, 2.05) is 35.2 Å². The van der Waals surface area contributed by atoms with Crippen molar-refractivity contribution in [2.45, 2.75) is 18.3 Å². The first kappa shape index (κ1) is 23.5. The molecular formula is C28H18ClF3N2O3. The van der Waals surface area contributed by atoms with Gasteiger partial charge in [0.1, 0.15) is 6.04 Å². The fourth-order valence-corrected chi connectivity index (χ4v) is 5.94. The summed E-state index contributed by atoms with van der Waals surface area (Å²) >= 11 is 5.76. The number of benzene rings is 3. The number of hydrogen-bond acceptors (Lipinski definition) is 4. The molecule has 0 N–H and O–H groups in total. The molecule has 3 aromatic carbocycles. The molecule has 186 valence electrons.